The van der Waals surface area contributed by atoms with Crippen molar-refractivity contribution < 1.29 is 19.4 Å². The number of aliphatic carboxylic acids is 1. The van der Waals surface area contributed by atoms with Gasteiger partial charge in [0, 0.05) is 17.2 Å². The van der Waals surface area contributed by atoms with Gasteiger partial charge in [-0.05, 0) is 25.1 Å². The molecule has 1 aromatic carbocycles. The van der Waals surface area contributed by atoms with Gasteiger partial charge in [-0.2, -0.15) is 0 Å². The van der Waals surface area contributed by atoms with Crippen molar-refractivity contribution >= 4 is 12.0 Å². The normalized spacial score (nSPS) is 11.4. The number of carbonyl (C=O) groups is 1. The first-order valence-electron chi connectivity index (χ1n) is 3.91. The van der Waals surface area contributed by atoms with Crippen molar-refractivity contribution in [3.05, 3.63) is 35.2 Å². The fraction of sp³-hybridized carbons (Fsp3) is 0.100. The van der Waals surface area contributed by atoms with Crippen LogP contribution in [0.4, 0.5) is 4.39 Å². The minimum absolute atomic E-state index is 0.0758. The lowest BCUT2D eigenvalue weighted by atomic mass is 10.1. The Hall–Kier alpha value is -1.84. The first kappa shape index (κ1) is 10.2. The zero-order chi connectivity index (χ0) is 10.7. The van der Waals surface area contributed by atoms with E-state index in [0.29, 0.717) is 0 Å². The molecule has 2 N–H and O–H groups in total. The zero-order valence-corrected chi connectivity index (χ0v) is 7.49. The van der Waals surface area contributed by atoms with Crippen molar-refractivity contribution in [2.75, 3.05) is 0 Å². The van der Waals surface area contributed by atoms with Crippen LogP contribution >= 0.6 is 0 Å². The predicted molar refractivity (Wildman–Crippen MR) is 49.4 cm³/mol. The Balaban J connectivity index is 3.09. The van der Waals surface area contributed by atoms with Gasteiger partial charge in [0.25, 0.3) is 0 Å². The summed E-state index contributed by atoms with van der Waals surface area (Å²) in [5, 5.41) is 17.8. The lowest BCUT2D eigenvalue weighted by Gasteiger charge is -1.99. The minimum Gasteiger partial charge on any atom is -0.507 e. The smallest absolute Gasteiger partial charge is 0.331 e. The molecule has 0 unspecified atom stereocenters. The second-order valence-corrected chi connectivity index (χ2v) is 2.84. The summed E-state index contributed by atoms with van der Waals surface area (Å²) in [6.45, 7) is 1.39. The maximum atomic E-state index is 12.5. The maximum absolute atomic E-state index is 12.5. The van der Waals surface area contributed by atoms with Gasteiger partial charge in [0.15, 0.2) is 0 Å². The number of hydrogen-bond donors (Lipinski definition) is 2. The van der Waals surface area contributed by atoms with Crippen LogP contribution in [0.2, 0.25) is 0 Å². The van der Waals surface area contributed by atoms with Crippen LogP contribution in [0, 0.1) is 5.82 Å². The fourth-order valence-electron chi connectivity index (χ4n) is 0.934. The van der Waals surface area contributed by atoms with Crippen LogP contribution in [0.3, 0.4) is 0 Å². The standard InChI is InChI=1S/C10H9FO3/c1-6(10(13)14)4-7-2-3-8(11)5-9(7)12/h2-5,12H,1H3,(H,13,14)/b6-4-. The Morgan fingerprint density at radius 2 is 2.14 bits per heavy atom. The topological polar surface area (TPSA) is 57.5 Å². The quantitative estimate of drug-likeness (QED) is 0.711. The average Bonchev–Trinajstić information content (AvgIpc) is 2.09. The summed E-state index contributed by atoms with van der Waals surface area (Å²) in [6.07, 6.45) is 1.27. The zero-order valence-electron chi connectivity index (χ0n) is 7.49. The first-order chi connectivity index (χ1) is 6.50. The number of carboxylic acid groups (broad SMARTS) is 1. The summed E-state index contributed by atoms with van der Waals surface area (Å²) < 4.78 is 12.5. The monoisotopic (exact) mass is 196 g/mol. The van der Waals surface area contributed by atoms with Crippen molar-refractivity contribution in [3.8, 4) is 5.75 Å². The second kappa shape index (κ2) is 3.91. The summed E-state index contributed by atoms with van der Waals surface area (Å²) in [5.74, 6) is -1.91. The minimum atomic E-state index is -1.08. The molecule has 3 nitrogen and oxygen atoms in total. The van der Waals surface area contributed by atoms with E-state index in [1.165, 1.54) is 19.1 Å². The largest absolute Gasteiger partial charge is 0.507 e. The summed E-state index contributed by atoms with van der Waals surface area (Å²) in [4.78, 5) is 10.5. The van der Waals surface area contributed by atoms with Crippen molar-refractivity contribution in [2.45, 2.75) is 6.92 Å². The Morgan fingerprint density at radius 1 is 1.50 bits per heavy atom. The highest BCUT2D eigenvalue weighted by Gasteiger charge is 2.03. The molecule has 74 valence electrons. The van der Waals surface area contributed by atoms with Crippen LogP contribution in [-0.2, 0) is 4.79 Å². The maximum Gasteiger partial charge on any atom is 0.331 e. The van der Waals surface area contributed by atoms with Gasteiger partial charge in [-0.15, -0.1) is 0 Å². The van der Waals surface area contributed by atoms with Crippen molar-refractivity contribution in [3.63, 3.8) is 0 Å². The van der Waals surface area contributed by atoms with E-state index in [1.54, 1.807) is 0 Å². The molecule has 0 aromatic heterocycles. The molecule has 1 rings (SSSR count). The number of hydrogen-bond acceptors (Lipinski definition) is 2. The number of phenols is 1. The van der Waals surface area contributed by atoms with E-state index < -0.39 is 11.8 Å². The number of aromatic hydroxyl groups is 1. The predicted octanol–water partition coefficient (Wildman–Crippen LogP) is 2.02. The van der Waals surface area contributed by atoms with Gasteiger partial charge in [-0.1, -0.05) is 0 Å². The summed E-state index contributed by atoms with van der Waals surface area (Å²) >= 11 is 0. The molecule has 0 atom stereocenters. The molecule has 0 amide bonds. The van der Waals surface area contributed by atoms with E-state index in [0.717, 1.165) is 12.1 Å². The average molecular weight is 196 g/mol. The summed E-state index contributed by atoms with van der Waals surface area (Å²) in [6, 6.07) is 3.40. The van der Waals surface area contributed by atoms with Crippen molar-refractivity contribution in [1.29, 1.82) is 0 Å². The molecule has 14 heavy (non-hydrogen) atoms. The molecule has 0 radical (unpaired) electrons. The number of benzene rings is 1. The molecule has 0 aliphatic carbocycles. The number of carboxylic acids is 1. The third-order valence-corrected chi connectivity index (χ3v) is 1.70. The van der Waals surface area contributed by atoms with E-state index in [-0.39, 0.29) is 16.9 Å². The summed E-state index contributed by atoms with van der Waals surface area (Å²) in [7, 11) is 0. The number of halogens is 1. The molecule has 0 heterocycles. The number of phenolic OH excluding ortho intramolecular Hbond substituents is 1. The fourth-order valence-corrected chi connectivity index (χ4v) is 0.934. The lowest BCUT2D eigenvalue weighted by molar-refractivity contribution is -0.132. The van der Waals surface area contributed by atoms with E-state index >= 15 is 0 Å². The van der Waals surface area contributed by atoms with Gasteiger partial charge >= 0.3 is 5.97 Å². The van der Waals surface area contributed by atoms with Crippen LogP contribution in [0.25, 0.3) is 6.08 Å². The Labute approximate surface area is 80.1 Å². The SMILES string of the molecule is C/C(=C/c1ccc(F)cc1O)C(=O)O. The lowest BCUT2D eigenvalue weighted by Crippen LogP contribution is -1.95. The van der Waals surface area contributed by atoms with Gasteiger partial charge in [0.1, 0.15) is 11.6 Å². The van der Waals surface area contributed by atoms with E-state index in [1.807, 2.05) is 0 Å². The molecule has 4 heteroatoms. The highest BCUT2D eigenvalue weighted by atomic mass is 19.1. The van der Waals surface area contributed by atoms with E-state index in [2.05, 4.69) is 0 Å². The van der Waals surface area contributed by atoms with Gasteiger partial charge < -0.3 is 10.2 Å². The highest BCUT2D eigenvalue weighted by molar-refractivity contribution is 5.91. The second-order valence-electron chi connectivity index (χ2n) is 2.84. The van der Waals surface area contributed by atoms with Crippen LogP contribution in [0.15, 0.2) is 23.8 Å². The molecule has 0 bridgehead atoms. The Morgan fingerprint density at radius 3 is 2.64 bits per heavy atom. The third kappa shape index (κ3) is 2.32. The van der Waals surface area contributed by atoms with Gasteiger partial charge in [-0.25, -0.2) is 9.18 Å². The Bertz CT molecular complexity index is 396. The van der Waals surface area contributed by atoms with Gasteiger partial charge in [-0.3, -0.25) is 0 Å². The van der Waals surface area contributed by atoms with Crippen LogP contribution in [0.1, 0.15) is 12.5 Å². The highest BCUT2D eigenvalue weighted by Crippen LogP contribution is 2.20. The molecular formula is C10H9FO3. The van der Waals surface area contributed by atoms with E-state index in [9.17, 15) is 14.3 Å². The molecule has 0 fully saturated rings. The molecule has 0 aliphatic rings. The molecule has 1 aromatic rings. The summed E-state index contributed by atoms with van der Waals surface area (Å²) in [5.41, 5.74) is 0.359. The van der Waals surface area contributed by atoms with Crippen LogP contribution in [-0.4, -0.2) is 16.2 Å². The molecule has 0 spiro atoms. The van der Waals surface area contributed by atoms with Crippen LogP contribution in [0.5, 0.6) is 5.75 Å². The molecule has 0 saturated heterocycles. The van der Waals surface area contributed by atoms with Crippen molar-refractivity contribution in [2.24, 2.45) is 0 Å². The van der Waals surface area contributed by atoms with Gasteiger partial charge in [0.2, 0.25) is 0 Å². The van der Waals surface area contributed by atoms with Crippen LogP contribution < -0.4 is 0 Å². The molecule has 0 saturated carbocycles. The number of rotatable bonds is 2. The first-order valence-corrected chi connectivity index (χ1v) is 3.91. The molecular weight excluding hydrogens is 187 g/mol. The third-order valence-electron chi connectivity index (χ3n) is 1.70. The van der Waals surface area contributed by atoms with Crippen molar-refractivity contribution in [1.82, 2.24) is 0 Å². The van der Waals surface area contributed by atoms with Gasteiger partial charge in [0.05, 0.1) is 0 Å². The molecule has 0 aliphatic heterocycles. The Kier molecular flexibility index (Phi) is 2.86. The van der Waals surface area contributed by atoms with E-state index in [4.69, 9.17) is 5.11 Å².